The van der Waals surface area contributed by atoms with Crippen molar-refractivity contribution in [3.8, 4) is 0 Å². The van der Waals surface area contributed by atoms with Crippen molar-refractivity contribution >= 4 is 40.0 Å². The molecule has 0 unspecified atom stereocenters. The molecule has 0 bridgehead atoms. The van der Waals surface area contributed by atoms with Crippen LogP contribution in [0.15, 0.2) is 30.3 Å². The summed E-state index contributed by atoms with van der Waals surface area (Å²) in [5.41, 5.74) is 1.30. The molecule has 0 atom stereocenters. The molecule has 1 rings (SSSR count). The smallest absolute Gasteiger partial charge is 0.400 e. The number of rotatable bonds is 1. The molecule has 0 radical (unpaired) electrons. The molecule has 12 heavy (non-hydrogen) atoms. The third-order valence-corrected chi connectivity index (χ3v) is 1.13. The monoisotopic (exact) mass is 241 g/mol. The van der Waals surface area contributed by atoms with Gasteiger partial charge in [-0.3, -0.25) is 0 Å². The van der Waals surface area contributed by atoms with Crippen molar-refractivity contribution in [1.29, 1.82) is 0 Å². The summed E-state index contributed by atoms with van der Waals surface area (Å²) >= 11 is 0. The van der Waals surface area contributed by atoms with E-state index in [0.717, 1.165) is 13.5 Å². The topological polar surface area (TPSA) is 20.2 Å². The van der Waals surface area contributed by atoms with Gasteiger partial charge in [-0.25, -0.2) is 0 Å². The number of aliphatic hydroxyl groups excluding tert-OH is 1. The first kappa shape index (κ1) is 18.3. The normalized spacial score (nSPS) is 6.58. The molecule has 0 saturated carbocycles. The molecule has 0 spiro atoms. The van der Waals surface area contributed by atoms with Crippen molar-refractivity contribution in [2.75, 3.05) is 7.11 Å². The summed E-state index contributed by atoms with van der Waals surface area (Å²) in [5.74, 6) is 0. The van der Waals surface area contributed by atoms with Gasteiger partial charge in [-0.2, -0.15) is 6.42 Å². The number of benzene rings is 1. The molecule has 0 aliphatic rings. The van der Waals surface area contributed by atoms with Crippen LogP contribution in [0, 0.1) is 6.92 Å². The molecule has 3 heteroatoms. The zero-order valence-electron chi connectivity index (χ0n) is 7.36. The van der Waals surface area contributed by atoms with Crippen molar-refractivity contribution in [2.24, 2.45) is 0 Å². The quantitative estimate of drug-likeness (QED) is 0.589. The molecular weight excluding hydrogens is 228 g/mol. The van der Waals surface area contributed by atoms with Gasteiger partial charge in [-0.15, -0.1) is 17.0 Å². The fourth-order valence-electron chi connectivity index (χ4n) is 0.645. The minimum atomic E-state index is 0. The zero-order valence-corrected chi connectivity index (χ0v) is 10.5. The van der Waals surface area contributed by atoms with Crippen LogP contribution in [-0.2, 0) is 6.42 Å². The van der Waals surface area contributed by atoms with Crippen LogP contribution in [0.1, 0.15) is 5.56 Å². The summed E-state index contributed by atoms with van der Waals surface area (Å²) in [6.45, 7) is 3.76. The van der Waals surface area contributed by atoms with Crippen molar-refractivity contribution in [1.82, 2.24) is 0 Å². The van der Waals surface area contributed by atoms with E-state index in [-0.39, 0.29) is 40.0 Å². The summed E-state index contributed by atoms with van der Waals surface area (Å²) < 4.78 is 0. The number of hydrogen-bond donors (Lipinski definition) is 1. The Morgan fingerprint density at radius 2 is 1.58 bits per heavy atom. The van der Waals surface area contributed by atoms with E-state index in [4.69, 9.17) is 5.11 Å². The summed E-state index contributed by atoms with van der Waals surface area (Å²) in [4.78, 5) is 0. The van der Waals surface area contributed by atoms with Crippen LogP contribution in [-0.4, -0.2) is 35.3 Å². The predicted octanol–water partition coefficient (Wildman–Crippen LogP) is 1.87. The Bertz CT molecular complexity index is 156. The van der Waals surface area contributed by atoms with Gasteiger partial charge in [-0.05, 0) is 0 Å². The van der Waals surface area contributed by atoms with Gasteiger partial charge in [0.15, 0.2) is 0 Å². The Hall–Kier alpha value is 0.426. The summed E-state index contributed by atoms with van der Waals surface area (Å²) in [7, 11) is 1.00. The molecule has 1 N–H and O–H groups in total. The Morgan fingerprint density at radius 3 is 1.83 bits per heavy atom. The van der Waals surface area contributed by atoms with E-state index in [9.17, 15) is 0 Å². The first-order valence-electron chi connectivity index (χ1n) is 3.21. The predicted molar refractivity (Wildman–Crippen MR) is 59.7 cm³/mol. The number of aliphatic hydroxyl groups is 1. The molecule has 1 aromatic carbocycles. The average Bonchev–Trinajstić information content (AvgIpc) is 2.10. The second kappa shape index (κ2) is 14.0. The number of halogens is 1. The Kier molecular flexibility index (Phi) is 21.3. The van der Waals surface area contributed by atoms with Crippen molar-refractivity contribution in [3.63, 3.8) is 0 Å². The maximum atomic E-state index is 7.00. The molecule has 0 aromatic heterocycles. The second-order valence-corrected chi connectivity index (χ2v) is 1.74. The Labute approximate surface area is 101 Å². The molecule has 1 aromatic rings. The van der Waals surface area contributed by atoms with Crippen LogP contribution in [0.5, 0.6) is 0 Å². The molecule has 0 aliphatic heterocycles. The largest absolute Gasteiger partial charge is 2.00 e. The average molecular weight is 242 g/mol. The van der Waals surface area contributed by atoms with Crippen LogP contribution in [0.3, 0.4) is 0 Å². The van der Waals surface area contributed by atoms with Gasteiger partial charge in [0, 0.05) is 7.11 Å². The van der Waals surface area contributed by atoms with E-state index >= 15 is 0 Å². The fourth-order valence-corrected chi connectivity index (χ4v) is 0.645. The van der Waals surface area contributed by atoms with E-state index in [2.05, 4.69) is 19.1 Å². The van der Waals surface area contributed by atoms with Crippen LogP contribution in [0.4, 0.5) is 0 Å². The van der Waals surface area contributed by atoms with Gasteiger partial charge in [0.25, 0.3) is 0 Å². The van der Waals surface area contributed by atoms with Crippen molar-refractivity contribution in [2.45, 2.75) is 6.42 Å². The van der Waals surface area contributed by atoms with E-state index in [1.54, 1.807) is 0 Å². The summed E-state index contributed by atoms with van der Waals surface area (Å²) in [6.07, 6.45) is 0.890. The van der Waals surface area contributed by atoms with E-state index in [1.165, 1.54) is 5.56 Å². The van der Waals surface area contributed by atoms with Crippen LogP contribution >= 0.6 is 17.0 Å². The van der Waals surface area contributed by atoms with Gasteiger partial charge in [0.05, 0.1) is 0 Å². The van der Waals surface area contributed by atoms with E-state index in [0.29, 0.717) is 0 Å². The van der Waals surface area contributed by atoms with Gasteiger partial charge in [0.1, 0.15) is 0 Å². The summed E-state index contributed by atoms with van der Waals surface area (Å²) in [5, 5.41) is 7.00. The van der Waals surface area contributed by atoms with Gasteiger partial charge in [0.2, 0.25) is 0 Å². The molecular formula is C9H14BrMgO+. The summed E-state index contributed by atoms with van der Waals surface area (Å²) in [6, 6.07) is 10.2. The van der Waals surface area contributed by atoms with Crippen molar-refractivity contribution in [3.05, 3.63) is 42.8 Å². The molecule has 0 amide bonds. The fraction of sp³-hybridized carbons (Fsp3) is 0.222. The third kappa shape index (κ3) is 8.52. The van der Waals surface area contributed by atoms with Crippen LogP contribution in [0.2, 0.25) is 0 Å². The molecule has 0 heterocycles. The van der Waals surface area contributed by atoms with Gasteiger partial charge >= 0.3 is 23.1 Å². The Balaban J connectivity index is -0.000000189. The minimum absolute atomic E-state index is 0. The first-order chi connectivity index (χ1) is 4.93. The molecule has 1 nitrogen and oxygen atoms in total. The minimum Gasteiger partial charge on any atom is -0.400 e. The molecule has 0 saturated heterocycles. The first-order valence-corrected chi connectivity index (χ1v) is 3.21. The van der Waals surface area contributed by atoms with E-state index in [1.807, 2.05) is 18.2 Å². The standard InChI is InChI=1S/C8H9.CH4O.BrH.Mg/c1-2-8-6-4-3-5-7-8;1-2;;/h3-7H,1-2H2;2H,1H3;1H;/q-1;;;+2. The maximum Gasteiger partial charge on any atom is 2.00 e. The molecule has 64 valence electrons. The van der Waals surface area contributed by atoms with Gasteiger partial charge < -0.3 is 12.0 Å². The maximum absolute atomic E-state index is 7.00. The zero-order chi connectivity index (χ0) is 7.82. The van der Waals surface area contributed by atoms with Crippen LogP contribution < -0.4 is 0 Å². The number of hydrogen-bond acceptors (Lipinski definition) is 1. The second-order valence-electron chi connectivity index (χ2n) is 1.74. The molecule has 0 aliphatic carbocycles. The van der Waals surface area contributed by atoms with Crippen LogP contribution in [0.25, 0.3) is 0 Å². The SMILES string of the molecule is Br.CO.[CH2-]Cc1ccccc1.[Mg+2]. The Morgan fingerprint density at radius 1 is 1.17 bits per heavy atom. The molecule has 0 fully saturated rings. The van der Waals surface area contributed by atoms with Crippen molar-refractivity contribution < 1.29 is 5.11 Å². The van der Waals surface area contributed by atoms with E-state index < -0.39 is 0 Å². The third-order valence-electron chi connectivity index (χ3n) is 1.13. The van der Waals surface area contributed by atoms with Gasteiger partial charge in [-0.1, -0.05) is 35.9 Å².